The number of nitrogens with one attached hydrogen (secondary N) is 1. The molecule has 4 rings (SSSR count). The Labute approximate surface area is 220 Å². The Bertz CT molecular complexity index is 1010. The second-order valence-electron chi connectivity index (χ2n) is 9.48. The molecule has 6 nitrogen and oxygen atoms in total. The van der Waals surface area contributed by atoms with E-state index in [1.54, 1.807) is 4.90 Å². The Morgan fingerprint density at radius 3 is 2.38 bits per heavy atom. The van der Waals surface area contributed by atoms with Gasteiger partial charge >= 0.3 is 0 Å². The standard InChI is InChI=1S/C26H32ClIN4O2/c1-16(2)24(29)26(34)31-15-3-4-22(31)25(33)30-19-9-5-17(6-10-19)21-13-14-23(28)32(21)20-11-7-18(27)8-12-20/h5-12,16,21-24H,3-4,13-15,29H2,1-2H3,(H,30,33)/t21-,22+,23-,24+/m1/s1. The van der Waals surface area contributed by atoms with Crippen LogP contribution in [0.15, 0.2) is 48.5 Å². The molecular weight excluding hydrogens is 563 g/mol. The molecule has 2 saturated heterocycles. The molecule has 8 heteroatoms. The van der Waals surface area contributed by atoms with Gasteiger partial charge in [-0.15, -0.1) is 0 Å². The van der Waals surface area contributed by atoms with Gasteiger partial charge in [-0.3, -0.25) is 9.59 Å². The van der Waals surface area contributed by atoms with E-state index in [0.717, 1.165) is 35.7 Å². The van der Waals surface area contributed by atoms with Gasteiger partial charge in [0, 0.05) is 22.9 Å². The number of carbonyl (C=O) groups excluding carboxylic acids is 2. The van der Waals surface area contributed by atoms with Crippen molar-refractivity contribution in [3.8, 4) is 0 Å². The molecule has 0 bridgehead atoms. The van der Waals surface area contributed by atoms with Gasteiger partial charge in [-0.25, -0.2) is 0 Å². The smallest absolute Gasteiger partial charge is 0.247 e. The van der Waals surface area contributed by atoms with Crippen LogP contribution in [0.2, 0.25) is 5.02 Å². The van der Waals surface area contributed by atoms with Crippen LogP contribution in [0.3, 0.4) is 0 Å². The summed E-state index contributed by atoms with van der Waals surface area (Å²) >= 11 is 8.59. The zero-order valence-corrected chi connectivity index (χ0v) is 22.5. The summed E-state index contributed by atoms with van der Waals surface area (Å²) in [6, 6.07) is 15.3. The molecule has 2 aromatic carbocycles. The van der Waals surface area contributed by atoms with Crippen LogP contribution in [0.1, 0.15) is 51.1 Å². The number of amides is 2. The molecule has 2 heterocycles. The molecule has 182 valence electrons. The maximum absolute atomic E-state index is 13.0. The Kier molecular flexibility index (Phi) is 8.05. The number of rotatable bonds is 6. The first-order valence-corrected chi connectivity index (χ1v) is 13.5. The average Bonchev–Trinajstić information content (AvgIpc) is 3.46. The van der Waals surface area contributed by atoms with Crippen LogP contribution in [-0.4, -0.2) is 39.4 Å². The van der Waals surface area contributed by atoms with E-state index < -0.39 is 12.1 Å². The van der Waals surface area contributed by atoms with E-state index in [1.165, 1.54) is 5.56 Å². The molecule has 2 fully saturated rings. The van der Waals surface area contributed by atoms with Crippen molar-refractivity contribution in [2.45, 2.75) is 61.7 Å². The topological polar surface area (TPSA) is 78.7 Å². The predicted molar refractivity (Wildman–Crippen MR) is 146 cm³/mol. The SMILES string of the molecule is CC(C)[C@H](N)C(=O)N1CCC[C@H]1C(=O)Nc1ccc([C@H]2CC[C@H](I)N2c2ccc(Cl)cc2)cc1. The van der Waals surface area contributed by atoms with Crippen molar-refractivity contribution in [2.75, 3.05) is 16.8 Å². The number of benzene rings is 2. The van der Waals surface area contributed by atoms with Crippen LogP contribution in [0.4, 0.5) is 11.4 Å². The summed E-state index contributed by atoms with van der Waals surface area (Å²) in [5, 5.41) is 3.74. The first-order valence-electron chi connectivity index (χ1n) is 11.9. The third-order valence-corrected chi connectivity index (χ3v) is 8.32. The van der Waals surface area contributed by atoms with Gasteiger partial charge in [0.25, 0.3) is 0 Å². The van der Waals surface area contributed by atoms with Gasteiger partial charge in [0.15, 0.2) is 0 Å². The molecule has 0 aromatic heterocycles. The van der Waals surface area contributed by atoms with Crippen molar-refractivity contribution in [2.24, 2.45) is 11.7 Å². The van der Waals surface area contributed by atoms with Gasteiger partial charge < -0.3 is 20.9 Å². The minimum atomic E-state index is -0.579. The van der Waals surface area contributed by atoms with Crippen LogP contribution in [-0.2, 0) is 9.59 Å². The van der Waals surface area contributed by atoms with Crippen LogP contribution >= 0.6 is 34.2 Å². The minimum absolute atomic E-state index is 0.0366. The summed E-state index contributed by atoms with van der Waals surface area (Å²) in [7, 11) is 0. The van der Waals surface area contributed by atoms with Gasteiger partial charge in [-0.2, -0.15) is 0 Å². The molecule has 4 atom stereocenters. The first-order chi connectivity index (χ1) is 16.3. The lowest BCUT2D eigenvalue weighted by molar-refractivity contribution is -0.138. The normalized spacial score (nSPS) is 23.4. The molecule has 2 aliphatic rings. The summed E-state index contributed by atoms with van der Waals surface area (Å²) in [4.78, 5) is 29.8. The van der Waals surface area contributed by atoms with Gasteiger partial charge in [0.2, 0.25) is 11.8 Å². The number of hydrogen-bond donors (Lipinski definition) is 2. The number of hydrogen-bond acceptors (Lipinski definition) is 4. The molecular formula is C26H32ClIN4O2. The number of nitrogens with zero attached hydrogens (tertiary/aromatic N) is 2. The average molecular weight is 595 g/mol. The summed E-state index contributed by atoms with van der Waals surface area (Å²) in [6.45, 7) is 4.43. The molecule has 34 heavy (non-hydrogen) atoms. The van der Waals surface area contributed by atoms with Crippen molar-refractivity contribution in [1.29, 1.82) is 0 Å². The van der Waals surface area contributed by atoms with Gasteiger partial charge in [-0.05, 0) is 73.6 Å². The Balaban J connectivity index is 1.44. The zero-order chi connectivity index (χ0) is 24.4. The van der Waals surface area contributed by atoms with Crippen LogP contribution in [0.25, 0.3) is 0 Å². The number of halogens is 2. The van der Waals surface area contributed by atoms with E-state index in [9.17, 15) is 9.59 Å². The summed E-state index contributed by atoms with van der Waals surface area (Å²) in [6.07, 6.45) is 3.65. The fraction of sp³-hybridized carbons (Fsp3) is 0.462. The van der Waals surface area contributed by atoms with E-state index in [2.05, 4.69) is 57.1 Å². The predicted octanol–water partition coefficient (Wildman–Crippen LogP) is 5.36. The monoisotopic (exact) mass is 594 g/mol. The largest absolute Gasteiger partial charge is 0.353 e. The number of carbonyl (C=O) groups is 2. The highest BCUT2D eigenvalue weighted by atomic mass is 127. The van der Waals surface area contributed by atoms with Gasteiger partial charge in [-0.1, -0.05) is 60.2 Å². The fourth-order valence-electron chi connectivity index (χ4n) is 4.84. The zero-order valence-electron chi connectivity index (χ0n) is 19.6. The Morgan fingerprint density at radius 2 is 1.74 bits per heavy atom. The van der Waals surface area contributed by atoms with Gasteiger partial charge in [0.05, 0.1) is 16.1 Å². The molecule has 0 unspecified atom stereocenters. The Hall–Kier alpha value is -1.84. The van der Waals surface area contributed by atoms with E-state index in [1.807, 2.05) is 38.1 Å². The molecule has 0 spiro atoms. The third kappa shape index (κ3) is 5.36. The highest BCUT2D eigenvalue weighted by Crippen LogP contribution is 2.42. The van der Waals surface area contributed by atoms with Crippen molar-refractivity contribution in [1.82, 2.24) is 4.90 Å². The van der Waals surface area contributed by atoms with E-state index in [4.69, 9.17) is 17.3 Å². The minimum Gasteiger partial charge on any atom is -0.353 e. The number of likely N-dealkylation sites (tertiary alicyclic amines) is 1. The molecule has 2 aromatic rings. The van der Waals surface area contributed by atoms with Crippen molar-refractivity contribution in [3.63, 3.8) is 0 Å². The van der Waals surface area contributed by atoms with Crippen LogP contribution < -0.4 is 16.0 Å². The number of nitrogens with two attached hydrogens (primary N) is 1. The van der Waals surface area contributed by atoms with Crippen molar-refractivity contribution in [3.05, 3.63) is 59.1 Å². The summed E-state index contributed by atoms with van der Waals surface area (Å²) in [5.41, 5.74) is 9.18. The van der Waals surface area contributed by atoms with Crippen molar-refractivity contribution >= 4 is 57.4 Å². The summed E-state index contributed by atoms with van der Waals surface area (Å²) in [5.74, 6) is -0.250. The lowest BCUT2D eigenvalue weighted by Crippen LogP contribution is -2.51. The van der Waals surface area contributed by atoms with E-state index in [-0.39, 0.29) is 23.8 Å². The number of alkyl halides is 1. The lowest BCUT2D eigenvalue weighted by atomic mass is 10.0. The summed E-state index contributed by atoms with van der Waals surface area (Å²) < 4.78 is 0.409. The second-order valence-corrected chi connectivity index (χ2v) is 11.4. The first kappa shape index (κ1) is 25.3. The molecule has 0 radical (unpaired) electrons. The maximum Gasteiger partial charge on any atom is 0.247 e. The molecule has 2 amide bonds. The quantitative estimate of drug-likeness (QED) is 0.268. The van der Waals surface area contributed by atoms with E-state index >= 15 is 0 Å². The van der Waals surface area contributed by atoms with Crippen molar-refractivity contribution < 1.29 is 9.59 Å². The molecule has 2 aliphatic heterocycles. The third-order valence-electron chi connectivity index (χ3n) is 6.85. The van der Waals surface area contributed by atoms with Gasteiger partial charge in [0.1, 0.15) is 6.04 Å². The maximum atomic E-state index is 13.0. The molecule has 0 saturated carbocycles. The fourth-order valence-corrected chi connectivity index (χ4v) is 6.04. The highest BCUT2D eigenvalue weighted by molar-refractivity contribution is 14.1. The highest BCUT2D eigenvalue weighted by Gasteiger charge is 2.37. The molecule has 0 aliphatic carbocycles. The lowest BCUT2D eigenvalue weighted by Gasteiger charge is -2.30. The molecule has 3 N–H and O–H groups in total. The number of anilines is 2. The van der Waals surface area contributed by atoms with Crippen LogP contribution in [0.5, 0.6) is 0 Å². The van der Waals surface area contributed by atoms with Crippen LogP contribution in [0, 0.1) is 5.92 Å². The Morgan fingerprint density at radius 1 is 1.06 bits per heavy atom. The van der Waals surface area contributed by atoms with E-state index in [0.29, 0.717) is 17.0 Å². The second kappa shape index (κ2) is 10.8.